The van der Waals surface area contributed by atoms with Crippen LogP contribution in [-0.4, -0.2) is 66.0 Å². The van der Waals surface area contributed by atoms with Crippen LogP contribution < -0.4 is 5.32 Å². The lowest BCUT2D eigenvalue weighted by Crippen LogP contribution is -2.32. The van der Waals surface area contributed by atoms with Crippen LogP contribution in [-0.2, 0) is 9.53 Å². The van der Waals surface area contributed by atoms with Crippen LogP contribution in [0.1, 0.15) is 6.23 Å². The van der Waals surface area contributed by atoms with Crippen molar-refractivity contribution in [3.63, 3.8) is 0 Å². The normalized spacial score (nSPS) is 25.2. The highest BCUT2D eigenvalue weighted by Gasteiger charge is 2.44. The van der Waals surface area contributed by atoms with Gasteiger partial charge < -0.3 is 20.3 Å². The van der Waals surface area contributed by atoms with E-state index < -0.39 is 30.4 Å². The molecule has 26 heavy (non-hydrogen) atoms. The molecule has 1 unspecified atom stereocenters. The summed E-state index contributed by atoms with van der Waals surface area (Å²) in [6.07, 6.45) is 0.876. The molecule has 0 aliphatic carbocycles. The van der Waals surface area contributed by atoms with Gasteiger partial charge in [0, 0.05) is 5.75 Å². The van der Waals surface area contributed by atoms with E-state index in [2.05, 4.69) is 26.8 Å². The van der Waals surface area contributed by atoms with Crippen LogP contribution in [0.3, 0.4) is 0 Å². The molecule has 1 aliphatic heterocycles. The SMILES string of the molecule is C=C(C#N)C(=O)Nc1ncnc2c1ncn2C1O[C@H](CSC)[C@@H](O)[C@H]1O. The predicted molar refractivity (Wildman–Crippen MR) is 93.0 cm³/mol. The molecule has 0 saturated carbocycles. The largest absolute Gasteiger partial charge is 0.387 e. The van der Waals surface area contributed by atoms with E-state index in [1.165, 1.54) is 29.0 Å². The van der Waals surface area contributed by atoms with Gasteiger partial charge >= 0.3 is 0 Å². The Morgan fingerprint density at radius 1 is 1.46 bits per heavy atom. The minimum absolute atomic E-state index is 0.101. The number of fused-ring (bicyclic) bond motifs is 1. The van der Waals surface area contributed by atoms with Crippen molar-refractivity contribution in [2.24, 2.45) is 0 Å². The number of nitriles is 1. The molecule has 1 aliphatic rings. The monoisotopic (exact) mass is 376 g/mol. The van der Waals surface area contributed by atoms with Gasteiger partial charge in [-0.2, -0.15) is 17.0 Å². The molecule has 3 heterocycles. The Morgan fingerprint density at radius 3 is 2.92 bits per heavy atom. The first-order chi connectivity index (χ1) is 12.5. The number of carbonyl (C=O) groups is 1. The molecule has 2 aromatic rings. The molecule has 0 aromatic carbocycles. The third kappa shape index (κ3) is 3.15. The van der Waals surface area contributed by atoms with Crippen LogP contribution in [0.5, 0.6) is 0 Å². The van der Waals surface area contributed by atoms with Gasteiger partial charge in [0.25, 0.3) is 5.91 Å². The molecule has 4 atom stereocenters. The molecule has 0 radical (unpaired) electrons. The molecule has 3 N–H and O–H groups in total. The number of nitrogens with zero attached hydrogens (tertiary/aromatic N) is 5. The van der Waals surface area contributed by atoms with E-state index >= 15 is 0 Å². The van der Waals surface area contributed by atoms with E-state index in [4.69, 9.17) is 10.00 Å². The fourth-order valence-corrected chi connectivity index (χ4v) is 3.23. The number of nitrogens with one attached hydrogen (secondary N) is 1. The van der Waals surface area contributed by atoms with Gasteiger partial charge in [0.15, 0.2) is 23.2 Å². The molecule has 0 bridgehead atoms. The summed E-state index contributed by atoms with van der Waals surface area (Å²) in [6, 6.07) is 1.65. The molecule has 1 saturated heterocycles. The minimum Gasteiger partial charge on any atom is -0.387 e. The quantitative estimate of drug-likeness (QED) is 0.478. The van der Waals surface area contributed by atoms with Crippen molar-refractivity contribution < 1.29 is 19.7 Å². The highest BCUT2D eigenvalue weighted by Crippen LogP contribution is 2.33. The van der Waals surface area contributed by atoms with E-state index in [0.717, 1.165) is 0 Å². The van der Waals surface area contributed by atoms with Gasteiger partial charge in [-0.15, -0.1) is 0 Å². The molecule has 2 aromatic heterocycles. The summed E-state index contributed by atoms with van der Waals surface area (Å²) >= 11 is 1.49. The number of thioether (sulfide) groups is 1. The molecule has 10 nitrogen and oxygen atoms in total. The lowest BCUT2D eigenvalue weighted by molar-refractivity contribution is -0.112. The Kier molecular flexibility index (Phi) is 5.19. The molecular weight excluding hydrogens is 360 g/mol. The Bertz CT molecular complexity index is 894. The first-order valence-corrected chi connectivity index (χ1v) is 8.95. The standard InChI is InChI=1S/C15H16N6O4S/c1-7(3-16)14(24)20-12-9-13(18-5-17-12)21(6-19-9)15-11(23)10(22)8(25-15)4-26-2/h5-6,8,10-11,15,22-23H,1,4H2,2H3,(H,17,18,20,24)/t8-,10-,11-,15?/m1/s1. The van der Waals surface area contributed by atoms with E-state index in [1.54, 1.807) is 6.07 Å². The maximum atomic E-state index is 11.8. The van der Waals surface area contributed by atoms with E-state index in [0.29, 0.717) is 11.4 Å². The van der Waals surface area contributed by atoms with Gasteiger partial charge in [-0.1, -0.05) is 6.58 Å². The van der Waals surface area contributed by atoms with Crippen molar-refractivity contribution in [2.75, 3.05) is 17.3 Å². The second-order valence-electron chi connectivity index (χ2n) is 5.59. The van der Waals surface area contributed by atoms with E-state index in [-0.39, 0.29) is 16.9 Å². The fourth-order valence-electron chi connectivity index (χ4n) is 2.62. The summed E-state index contributed by atoms with van der Waals surface area (Å²) in [5, 5.41) is 31.6. The van der Waals surface area contributed by atoms with Gasteiger partial charge in [-0.05, 0) is 6.26 Å². The molecule has 11 heteroatoms. The maximum Gasteiger partial charge on any atom is 0.266 e. The number of aliphatic hydroxyl groups is 2. The van der Waals surface area contributed by atoms with Crippen molar-refractivity contribution in [1.29, 1.82) is 5.26 Å². The lowest BCUT2D eigenvalue weighted by Gasteiger charge is -2.16. The van der Waals surface area contributed by atoms with Gasteiger partial charge in [0.1, 0.15) is 30.2 Å². The maximum absolute atomic E-state index is 11.8. The molecular formula is C15H16N6O4S. The van der Waals surface area contributed by atoms with Crippen molar-refractivity contribution in [3.05, 3.63) is 24.8 Å². The summed E-state index contributed by atoms with van der Waals surface area (Å²) in [4.78, 5) is 24.1. The van der Waals surface area contributed by atoms with Gasteiger partial charge in [0.05, 0.1) is 12.4 Å². The molecule has 3 rings (SSSR count). The number of hydrogen-bond acceptors (Lipinski definition) is 9. The van der Waals surface area contributed by atoms with Crippen LogP contribution in [0.15, 0.2) is 24.8 Å². The van der Waals surface area contributed by atoms with E-state index in [1.807, 2.05) is 6.26 Å². The van der Waals surface area contributed by atoms with Crippen molar-refractivity contribution in [3.8, 4) is 6.07 Å². The van der Waals surface area contributed by atoms with Crippen LogP contribution in [0.25, 0.3) is 11.2 Å². The van der Waals surface area contributed by atoms with Gasteiger partial charge in [0.2, 0.25) is 0 Å². The molecule has 1 fully saturated rings. The van der Waals surface area contributed by atoms with Crippen molar-refractivity contribution in [1.82, 2.24) is 19.5 Å². The van der Waals surface area contributed by atoms with Crippen LogP contribution >= 0.6 is 11.8 Å². The predicted octanol–water partition coefficient (Wildman–Crippen LogP) is -0.173. The first-order valence-electron chi connectivity index (χ1n) is 7.56. The van der Waals surface area contributed by atoms with Crippen molar-refractivity contribution in [2.45, 2.75) is 24.5 Å². The van der Waals surface area contributed by atoms with Crippen LogP contribution in [0, 0.1) is 11.3 Å². The number of imidazole rings is 1. The lowest BCUT2D eigenvalue weighted by atomic mass is 10.1. The average molecular weight is 376 g/mol. The Morgan fingerprint density at radius 2 is 2.23 bits per heavy atom. The van der Waals surface area contributed by atoms with Gasteiger partial charge in [-0.3, -0.25) is 9.36 Å². The molecule has 136 valence electrons. The summed E-state index contributed by atoms with van der Waals surface area (Å²) in [7, 11) is 0. The zero-order chi connectivity index (χ0) is 18.8. The second kappa shape index (κ2) is 7.38. The number of ether oxygens (including phenoxy) is 1. The highest BCUT2D eigenvalue weighted by atomic mass is 32.2. The Hall–Kier alpha value is -2.52. The summed E-state index contributed by atoms with van der Waals surface area (Å²) in [5.74, 6) is -0.0769. The Labute approximate surface area is 152 Å². The Balaban J connectivity index is 1.93. The number of hydrogen-bond donors (Lipinski definition) is 3. The number of carbonyl (C=O) groups excluding carboxylic acids is 1. The minimum atomic E-state index is -1.16. The van der Waals surface area contributed by atoms with E-state index in [9.17, 15) is 15.0 Å². The zero-order valence-electron chi connectivity index (χ0n) is 13.7. The molecule has 1 amide bonds. The summed E-state index contributed by atoms with van der Waals surface area (Å²) in [5.41, 5.74) is 0.290. The van der Waals surface area contributed by atoms with Gasteiger partial charge in [-0.25, -0.2) is 15.0 Å². The number of anilines is 1. The fraction of sp³-hybridized carbons (Fsp3) is 0.400. The number of rotatable bonds is 5. The van der Waals surface area contributed by atoms with Crippen LogP contribution in [0.4, 0.5) is 5.82 Å². The zero-order valence-corrected chi connectivity index (χ0v) is 14.6. The topological polar surface area (TPSA) is 146 Å². The number of aromatic nitrogens is 4. The van der Waals surface area contributed by atoms with Crippen molar-refractivity contribution >= 4 is 34.7 Å². The number of aliphatic hydroxyl groups excluding tert-OH is 2. The molecule has 0 spiro atoms. The summed E-state index contributed by atoms with van der Waals surface area (Å²) < 4.78 is 7.22. The number of amides is 1. The van der Waals surface area contributed by atoms with Crippen LogP contribution in [0.2, 0.25) is 0 Å². The average Bonchev–Trinajstić information content (AvgIpc) is 3.18. The third-order valence-electron chi connectivity index (χ3n) is 3.94. The second-order valence-corrected chi connectivity index (χ2v) is 6.50. The third-order valence-corrected chi connectivity index (χ3v) is 4.60. The summed E-state index contributed by atoms with van der Waals surface area (Å²) in [6.45, 7) is 3.34. The smallest absolute Gasteiger partial charge is 0.266 e. The highest BCUT2D eigenvalue weighted by molar-refractivity contribution is 7.98. The first kappa shape index (κ1) is 18.3.